The number of halogens is 1. The topological polar surface area (TPSA) is 103 Å². The smallest absolute Gasteiger partial charge is 0.268 e. The highest BCUT2D eigenvalue weighted by Crippen LogP contribution is 2.14. The Labute approximate surface area is 88.6 Å². The van der Waals surface area contributed by atoms with Crippen LogP contribution in [0.15, 0.2) is 15.8 Å². The lowest BCUT2D eigenvalue weighted by Crippen LogP contribution is -2.16. The highest BCUT2D eigenvalue weighted by molar-refractivity contribution is 9.10. The molecule has 0 atom stereocenters. The van der Waals surface area contributed by atoms with Crippen LogP contribution in [0.2, 0.25) is 0 Å². The van der Waals surface area contributed by atoms with Gasteiger partial charge in [0.2, 0.25) is 15.0 Å². The lowest BCUT2D eigenvalue weighted by molar-refractivity contribution is 0.0994. The Morgan fingerprint density at radius 3 is 2.57 bits per heavy atom. The largest absolute Gasteiger partial charge is 0.364 e. The van der Waals surface area contributed by atoms with Crippen molar-refractivity contribution in [1.82, 2.24) is 9.97 Å². The van der Waals surface area contributed by atoms with E-state index in [1.54, 1.807) is 0 Å². The molecule has 14 heavy (non-hydrogen) atoms. The lowest BCUT2D eigenvalue weighted by Gasteiger charge is -2.00. The fourth-order valence-corrected chi connectivity index (χ4v) is 1.59. The van der Waals surface area contributed by atoms with Crippen LogP contribution in [0.3, 0.4) is 0 Å². The molecule has 0 aliphatic heterocycles. The summed E-state index contributed by atoms with van der Waals surface area (Å²) in [6, 6.07) is 0. The van der Waals surface area contributed by atoms with Crippen molar-refractivity contribution < 1.29 is 13.2 Å². The Morgan fingerprint density at radius 2 is 2.14 bits per heavy atom. The van der Waals surface area contributed by atoms with Crippen molar-refractivity contribution in [3.05, 3.63) is 16.4 Å². The van der Waals surface area contributed by atoms with E-state index in [1.807, 2.05) is 0 Å². The molecule has 0 saturated heterocycles. The number of hydrogen-bond donors (Lipinski definition) is 1. The van der Waals surface area contributed by atoms with Gasteiger partial charge in [0.25, 0.3) is 5.91 Å². The number of amides is 1. The van der Waals surface area contributed by atoms with Gasteiger partial charge in [0, 0.05) is 12.5 Å². The van der Waals surface area contributed by atoms with Crippen molar-refractivity contribution in [1.29, 1.82) is 0 Å². The van der Waals surface area contributed by atoms with E-state index in [-0.39, 0.29) is 10.2 Å². The first-order valence-corrected chi connectivity index (χ1v) is 6.03. The summed E-state index contributed by atoms with van der Waals surface area (Å²) in [5, 5.41) is -0.422. The normalized spacial score (nSPS) is 11.3. The molecule has 8 heteroatoms. The van der Waals surface area contributed by atoms with Gasteiger partial charge in [0.05, 0.1) is 4.47 Å². The van der Waals surface area contributed by atoms with Gasteiger partial charge in [-0.1, -0.05) is 0 Å². The summed E-state index contributed by atoms with van der Waals surface area (Å²) in [4.78, 5) is 17.9. The van der Waals surface area contributed by atoms with Gasteiger partial charge in [-0.3, -0.25) is 4.79 Å². The first kappa shape index (κ1) is 11.1. The second kappa shape index (κ2) is 3.62. The van der Waals surface area contributed by atoms with Crippen molar-refractivity contribution in [2.45, 2.75) is 5.16 Å². The molecular weight excluding hydrogens is 274 g/mol. The van der Waals surface area contributed by atoms with Crippen molar-refractivity contribution >= 4 is 31.7 Å². The van der Waals surface area contributed by atoms with E-state index in [4.69, 9.17) is 5.73 Å². The number of aromatic nitrogens is 2. The number of nitrogens with zero attached hydrogens (tertiary/aromatic N) is 2. The van der Waals surface area contributed by atoms with Crippen molar-refractivity contribution in [3.8, 4) is 0 Å². The number of carbonyl (C=O) groups is 1. The number of nitrogens with two attached hydrogens (primary N) is 1. The molecule has 1 aromatic heterocycles. The Balaban J connectivity index is 3.42. The third-order valence-electron chi connectivity index (χ3n) is 1.29. The summed E-state index contributed by atoms with van der Waals surface area (Å²) in [5.74, 6) is -0.816. The van der Waals surface area contributed by atoms with Crippen LogP contribution in [0.5, 0.6) is 0 Å². The zero-order valence-corrected chi connectivity index (χ0v) is 9.46. The fourth-order valence-electron chi connectivity index (χ4n) is 0.702. The summed E-state index contributed by atoms with van der Waals surface area (Å²) in [5.41, 5.74) is 4.82. The van der Waals surface area contributed by atoms with Gasteiger partial charge in [-0.05, 0) is 15.9 Å². The molecule has 0 radical (unpaired) electrons. The minimum absolute atomic E-state index is 0.152. The van der Waals surface area contributed by atoms with Crippen LogP contribution in [-0.2, 0) is 9.84 Å². The van der Waals surface area contributed by atoms with Crippen LogP contribution < -0.4 is 5.73 Å². The van der Waals surface area contributed by atoms with Crippen molar-refractivity contribution in [2.75, 3.05) is 6.26 Å². The standard InChI is InChI=1S/C6H6BrN3O3S/c1-14(12,13)6-9-2-3(7)4(10-6)5(8)11/h2H,1H3,(H2,8,11). The second-order valence-electron chi connectivity index (χ2n) is 2.49. The number of rotatable bonds is 2. The van der Waals surface area contributed by atoms with Crippen molar-refractivity contribution in [3.63, 3.8) is 0 Å². The van der Waals surface area contributed by atoms with Gasteiger partial charge in [-0.2, -0.15) is 0 Å². The number of hydrogen-bond acceptors (Lipinski definition) is 5. The maximum atomic E-state index is 11.0. The van der Waals surface area contributed by atoms with E-state index in [0.29, 0.717) is 0 Å². The molecule has 6 nitrogen and oxygen atoms in total. The maximum Gasteiger partial charge on any atom is 0.268 e. The highest BCUT2D eigenvalue weighted by atomic mass is 79.9. The first-order valence-electron chi connectivity index (χ1n) is 3.35. The number of sulfone groups is 1. The van der Waals surface area contributed by atoms with Gasteiger partial charge in [0.1, 0.15) is 5.69 Å². The highest BCUT2D eigenvalue weighted by Gasteiger charge is 2.16. The van der Waals surface area contributed by atoms with Gasteiger partial charge in [-0.25, -0.2) is 18.4 Å². The van der Waals surface area contributed by atoms with Crippen molar-refractivity contribution in [2.24, 2.45) is 5.73 Å². The Hall–Kier alpha value is -1.02. The van der Waals surface area contributed by atoms with E-state index in [9.17, 15) is 13.2 Å². The molecule has 0 aliphatic carbocycles. The number of primary amides is 1. The number of carbonyl (C=O) groups excluding carboxylic acids is 1. The SMILES string of the molecule is CS(=O)(=O)c1ncc(Br)c(C(N)=O)n1. The average Bonchev–Trinajstić information content (AvgIpc) is 2.02. The summed E-state index contributed by atoms with van der Waals surface area (Å²) >= 11 is 2.98. The zero-order valence-electron chi connectivity index (χ0n) is 7.06. The Bertz CT molecular complexity index is 485. The lowest BCUT2D eigenvalue weighted by atomic mass is 10.4. The van der Waals surface area contributed by atoms with Gasteiger partial charge < -0.3 is 5.73 Å². The molecule has 0 aliphatic rings. The fraction of sp³-hybridized carbons (Fsp3) is 0.167. The molecule has 0 unspecified atom stereocenters. The van der Waals surface area contributed by atoms with Crippen LogP contribution >= 0.6 is 15.9 Å². The van der Waals surface area contributed by atoms with Crippen LogP contribution in [0, 0.1) is 0 Å². The quantitative estimate of drug-likeness (QED) is 0.752. The van der Waals surface area contributed by atoms with E-state index in [1.165, 1.54) is 6.20 Å². The summed E-state index contributed by atoms with van der Waals surface area (Å²) in [6.45, 7) is 0. The Kier molecular flexibility index (Phi) is 2.86. The summed E-state index contributed by atoms with van der Waals surface area (Å²) in [6.07, 6.45) is 2.12. The summed E-state index contributed by atoms with van der Waals surface area (Å²) < 4.78 is 22.3. The minimum atomic E-state index is -3.53. The third kappa shape index (κ3) is 2.26. The predicted molar refractivity (Wildman–Crippen MR) is 51.4 cm³/mol. The molecule has 1 rings (SSSR count). The molecule has 1 heterocycles. The van der Waals surface area contributed by atoms with E-state index < -0.39 is 20.9 Å². The van der Waals surface area contributed by atoms with E-state index in [0.717, 1.165) is 6.26 Å². The molecule has 0 bridgehead atoms. The van der Waals surface area contributed by atoms with Gasteiger partial charge in [0.15, 0.2) is 0 Å². The minimum Gasteiger partial charge on any atom is -0.364 e. The van der Waals surface area contributed by atoms with Crippen LogP contribution in [-0.4, -0.2) is 30.5 Å². The Morgan fingerprint density at radius 1 is 1.57 bits per heavy atom. The predicted octanol–water partition coefficient (Wildman–Crippen LogP) is -0.258. The molecule has 0 saturated carbocycles. The molecule has 1 aromatic rings. The third-order valence-corrected chi connectivity index (χ3v) is 2.73. The molecule has 0 aromatic carbocycles. The van der Waals surface area contributed by atoms with E-state index >= 15 is 0 Å². The van der Waals surface area contributed by atoms with Crippen LogP contribution in [0.4, 0.5) is 0 Å². The second-order valence-corrected chi connectivity index (χ2v) is 5.25. The average molecular weight is 280 g/mol. The molecule has 2 N–H and O–H groups in total. The summed E-state index contributed by atoms with van der Waals surface area (Å²) in [7, 11) is -3.53. The molecule has 76 valence electrons. The van der Waals surface area contributed by atoms with Crippen LogP contribution in [0.25, 0.3) is 0 Å². The molecule has 1 amide bonds. The molecule has 0 spiro atoms. The zero-order chi connectivity index (χ0) is 10.9. The monoisotopic (exact) mass is 279 g/mol. The maximum absolute atomic E-state index is 11.0. The molecular formula is C6H6BrN3O3S. The first-order chi connectivity index (χ1) is 6.32. The molecule has 0 fully saturated rings. The van der Waals surface area contributed by atoms with Gasteiger partial charge >= 0.3 is 0 Å². The van der Waals surface area contributed by atoms with Crippen LogP contribution in [0.1, 0.15) is 10.5 Å². The van der Waals surface area contributed by atoms with Gasteiger partial charge in [-0.15, -0.1) is 0 Å². The van der Waals surface area contributed by atoms with E-state index in [2.05, 4.69) is 25.9 Å².